The molecule has 4 rings (SSSR count). The fraction of sp³-hybridized carbons (Fsp3) is 0.286. The average Bonchev–Trinajstić information content (AvgIpc) is 3.09. The molecule has 1 aliphatic heterocycles. The van der Waals surface area contributed by atoms with Crippen LogP contribution in [0.15, 0.2) is 53.7 Å². The van der Waals surface area contributed by atoms with Crippen LogP contribution in [0.25, 0.3) is 11.0 Å². The summed E-state index contributed by atoms with van der Waals surface area (Å²) in [7, 11) is 0. The van der Waals surface area contributed by atoms with Crippen molar-refractivity contribution in [2.24, 2.45) is 5.73 Å². The number of thioether (sulfide) groups is 1. The Labute approximate surface area is 172 Å². The van der Waals surface area contributed by atoms with Crippen molar-refractivity contribution in [1.29, 1.82) is 0 Å². The molecule has 2 amide bonds. The molecule has 2 heterocycles. The number of anilines is 1. The van der Waals surface area contributed by atoms with Gasteiger partial charge in [-0.1, -0.05) is 36.0 Å². The second-order valence-corrected chi connectivity index (χ2v) is 8.06. The highest BCUT2D eigenvalue weighted by molar-refractivity contribution is 7.99. The Kier molecular flexibility index (Phi) is 5.19. The Hall–Kier alpha value is -3.00. The van der Waals surface area contributed by atoms with Crippen LogP contribution in [0.1, 0.15) is 19.9 Å². The van der Waals surface area contributed by atoms with Crippen molar-refractivity contribution < 1.29 is 14.3 Å². The predicted octanol–water partition coefficient (Wildman–Crippen LogP) is 2.99. The zero-order valence-corrected chi connectivity index (χ0v) is 17.1. The molecule has 7 nitrogen and oxygen atoms in total. The van der Waals surface area contributed by atoms with E-state index in [1.165, 1.54) is 11.8 Å². The number of carbonyl (C=O) groups is 2. The molecule has 2 aromatic carbocycles. The molecule has 29 heavy (non-hydrogen) atoms. The molecule has 150 valence electrons. The number of carbonyl (C=O) groups excluding carboxylic acids is 2. The van der Waals surface area contributed by atoms with E-state index in [2.05, 4.69) is 18.4 Å². The van der Waals surface area contributed by atoms with E-state index in [9.17, 15) is 9.59 Å². The van der Waals surface area contributed by atoms with Crippen molar-refractivity contribution in [3.63, 3.8) is 0 Å². The topological polar surface area (TPSA) is 90.5 Å². The number of hydrogen-bond donors (Lipinski definition) is 1. The van der Waals surface area contributed by atoms with Gasteiger partial charge >= 0.3 is 0 Å². The highest BCUT2D eigenvalue weighted by atomic mass is 32.2. The first kappa shape index (κ1) is 19.3. The lowest BCUT2D eigenvalue weighted by Crippen LogP contribution is -2.49. The summed E-state index contributed by atoms with van der Waals surface area (Å²) < 4.78 is 7.77. The van der Waals surface area contributed by atoms with Crippen LogP contribution in [0.4, 0.5) is 5.69 Å². The minimum atomic E-state index is -0.862. The standard InChI is InChI=1S/C21H22N4O3S/c1-13(2)25-15-8-4-3-7-14(15)23-21(25)29-12-19(26)24-11-18(20(22)27)28-17-10-6-5-9-16(17)24/h3-10,13,18H,11-12H2,1-2H3,(H2,22,27)/t18-/m1/s1. The molecule has 0 unspecified atom stereocenters. The number of amides is 2. The Morgan fingerprint density at radius 3 is 2.69 bits per heavy atom. The fourth-order valence-corrected chi connectivity index (χ4v) is 4.47. The largest absolute Gasteiger partial charge is 0.477 e. The quantitative estimate of drug-likeness (QED) is 0.653. The molecule has 1 atom stereocenters. The smallest absolute Gasteiger partial charge is 0.260 e. The molecule has 2 N–H and O–H groups in total. The normalized spacial score (nSPS) is 16.0. The van der Waals surface area contributed by atoms with Gasteiger partial charge in [0.1, 0.15) is 5.75 Å². The van der Waals surface area contributed by atoms with Crippen molar-refractivity contribution in [2.45, 2.75) is 31.1 Å². The van der Waals surface area contributed by atoms with Crippen LogP contribution in [0.5, 0.6) is 5.75 Å². The number of benzene rings is 2. The van der Waals surface area contributed by atoms with E-state index in [4.69, 9.17) is 15.5 Å². The molecule has 8 heteroatoms. The molecule has 0 fully saturated rings. The fourth-order valence-electron chi connectivity index (χ4n) is 3.45. The number of para-hydroxylation sites is 4. The summed E-state index contributed by atoms with van der Waals surface area (Å²) in [5, 5.41) is 0.794. The third-order valence-electron chi connectivity index (χ3n) is 4.80. The first-order valence-electron chi connectivity index (χ1n) is 9.41. The third kappa shape index (κ3) is 3.67. The summed E-state index contributed by atoms with van der Waals surface area (Å²) >= 11 is 1.39. The number of nitrogens with two attached hydrogens (primary N) is 1. The number of rotatable bonds is 5. The second kappa shape index (κ2) is 7.79. The monoisotopic (exact) mass is 410 g/mol. The van der Waals surface area contributed by atoms with Gasteiger partial charge in [0.05, 0.1) is 29.0 Å². The molecule has 0 saturated carbocycles. The molecule has 0 saturated heterocycles. The van der Waals surface area contributed by atoms with Crippen molar-refractivity contribution in [3.8, 4) is 5.75 Å². The Bertz CT molecular complexity index is 1080. The summed E-state index contributed by atoms with van der Waals surface area (Å²) in [6, 6.07) is 15.3. The zero-order valence-electron chi connectivity index (χ0n) is 16.2. The van der Waals surface area contributed by atoms with Crippen LogP contribution in [-0.2, 0) is 9.59 Å². The van der Waals surface area contributed by atoms with Crippen LogP contribution in [0.2, 0.25) is 0 Å². The van der Waals surface area contributed by atoms with E-state index in [1.54, 1.807) is 23.1 Å². The van der Waals surface area contributed by atoms with Crippen molar-refractivity contribution in [3.05, 3.63) is 48.5 Å². The van der Waals surface area contributed by atoms with Crippen molar-refractivity contribution in [1.82, 2.24) is 9.55 Å². The van der Waals surface area contributed by atoms with Crippen LogP contribution in [0.3, 0.4) is 0 Å². The maximum Gasteiger partial charge on any atom is 0.260 e. The lowest BCUT2D eigenvalue weighted by atomic mass is 10.2. The van der Waals surface area contributed by atoms with E-state index >= 15 is 0 Å². The van der Waals surface area contributed by atoms with Gasteiger partial charge in [-0.3, -0.25) is 9.59 Å². The zero-order chi connectivity index (χ0) is 20.5. The lowest BCUT2D eigenvalue weighted by Gasteiger charge is -2.33. The van der Waals surface area contributed by atoms with E-state index < -0.39 is 12.0 Å². The van der Waals surface area contributed by atoms with Gasteiger partial charge < -0.3 is 19.9 Å². The van der Waals surface area contributed by atoms with Gasteiger partial charge in [-0.25, -0.2) is 4.98 Å². The maximum absolute atomic E-state index is 13.1. The molecular formula is C21H22N4O3S. The third-order valence-corrected chi connectivity index (χ3v) is 5.73. The summed E-state index contributed by atoms with van der Waals surface area (Å²) in [4.78, 5) is 31.0. The SMILES string of the molecule is CC(C)n1c(SCC(=O)N2C[C@H](C(N)=O)Oc3ccccc32)nc2ccccc21. The van der Waals surface area contributed by atoms with Crippen LogP contribution in [0, 0.1) is 0 Å². The van der Waals surface area contributed by atoms with Gasteiger partial charge in [0.15, 0.2) is 11.3 Å². The summed E-state index contributed by atoms with van der Waals surface area (Å²) in [6.07, 6.45) is -0.862. The first-order valence-corrected chi connectivity index (χ1v) is 10.4. The van der Waals surface area contributed by atoms with Gasteiger partial charge in [0.25, 0.3) is 5.91 Å². The van der Waals surface area contributed by atoms with Gasteiger partial charge in [-0.05, 0) is 38.1 Å². The van der Waals surface area contributed by atoms with Crippen molar-refractivity contribution >= 4 is 40.3 Å². The molecule has 1 aliphatic rings. The van der Waals surface area contributed by atoms with Gasteiger partial charge in [-0.2, -0.15) is 0 Å². The number of imidazole rings is 1. The molecule has 0 aliphatic carbocycles. The Morgan fingerprint density at radius 1 is 1.21 bits per heavy atom. The second-order valence-electron chi connectivity index (χ2n) is 7.12. The minimum absolute atomic E-state index is 0.104. The highest BCUT2D eigenvalue weighted by Crippen LogP contribution is 2.34. The van der Waals surface area contributed by atoms with E-state index in [0.29, 0.717) is 11.4 Å². The van der Waals surface area contributed by atoms with E-state index in [-0.39, 0.29) is 24.2 Å². The Balaban J connectivity index is 1.58. The van der Waals surface area contributed by atoms with E-state index in [1.807, 2.05) is 30.3 Å². The number of primary amides is 1. The summed E-state index contributed by atoms with van der Waals surface area (Å²) in [5.74, 6) is -0.0446. The molecule has 0 spiro atoms. The highest BCUT2D eigenvalue weighted by Gasteiger charge is 2.32. The summed E-state index contributed by atoms with van der Waals surface area (Å²) in [6.45, 7) is 4.29. The van der Waals surface area contributed by atoms with Gasteiger partial charge in [0.2, 0.25) is 5.91 Å². The number of aromatic nitrogens is 2. The number of nitrogens with zero attached hydrogens (tertiary/aromatic N) is 3. The van der Waals surface area contributed by atoms with Gasteiger partial charge in [0, 0.05) is 6.04 Å². The van der Waals surface area contributed by atoms with Gasteiger partial charge in [-0.15, -0.1) is 0 Å². The predicted molar refractivity (Wildman–Crippen MR) is 113 cm³/mol. The van der Waals surface area contributed by atoms with Crippen LogP contribution >= 0.6 is 11.8 Å². The number of ether oxygens (including phenoxy) is 1. The first-order chi connectivity index (χ1) is 14.0. The molecular weight excluding hydrogens is 388 g/mol. The van der Waals surface area contributed by atoms with E-state index in [0.717, 1.165) is 16.2 Å². The molecule has 0 bridgehead atoms. The van der Waals surface area contributed by atoms with Crippen molar-refractivity contribution in [2.75, 3.05) is 17.2 Å². The molecule has 3 aromatic rings. The minimum Gasteiger partial charge on any atom is -0.477 e. The maximum atomic E-state index is 13.1. The summed E-state index contributed by atoms with van der Waals surface area (Å²) in [5.41, 5.74) is 8.02. The lowest BCUT2D eigenvalue weighted by molar-refractivity contribution is -0.125. The Morgan fingerprint density at radius 2 is 1.93 bits per heavy atom. The molecule has 0 radical (unpaired) electrons. The van der Waals surface area contributed by atoms with Crippen LogP contribution in [-0.4, -0.2) is 39.8 Å². The average molecular weight is 410 g/mol. The number of hydrogen-bond acceptors (Lipinski definition) is 5. The van der Waals surface area contributed by atoms with Crippen LogP contribution < -0.4 is 15.4 Å². The number of fused-ring (bicyclic) bond motifs is 2. The molecule has 1 aromatic heterocycles.